The van der Waals surface area contributed by atoms with Gasteiger partial charge in [0.15, 0.2) is 5.78 Å². The summed E-state index contributed by atoms with van der Waals surface area (Å²) in [5, 5.41) is 5.20. The topological polar surface area (TPSA) is 75.3 Å². The Balaban J connectivity index is 1.79. The lowest BCUT2D eigenvalue weighted by atomic mass is 10.1. The second-order valence-corrected chi connectivity index (χ2v) is 7.92. The van der Waals surface area contributed by atoms with Gasteiger partial charge in [-0.05, 0) is 61.0 Å². The summed E-state index contributed by atoms with van der Waals surface area (Å²) in [5.41, 5.74) is 2.82. The average molecular weight is 419 g/mol. The fourth-order valence-corrected chi connectivity index (χ4v) is 3.88. The SMILES string of the molecule is CC(=O)Nc1ccc(SC(C(=O)Nc2ccc(C(C)=O)cc2)c2ccccc2)cc1. The first-order chi connectivity index (χ1) is 14.4. The van der Waals surface area contributed by atoms with Gasteiger partial charge in [-0.15, -0.1) is 11.8 Å². The lowest BCUT2D eigenvalue weighted by Gasteiger charge is -2.17. The minimum absolute atomic E-state index is 0.0201. The van der Waals surface area contributed by atoms with Gasteiger partial charge in [-0.2, -0.15) is 0 Å². The molecule has 30 heavy (non-hydrogen) atoms. The Labute approximate surface area is 179 Å². The summed E-state index contributed by atoms with van der Waals surface area (Å²) in [4.78, 5) is 36.6. The highest BCUT2D eigenvalue weighted by atomic mass is 32.2. The lowest BCUT2D eigenvalue weighted by Crippen LogP contribution is -2.19. The molecule has 1 unspecified atom stereocenters. The third-order valence-corrected chi connectivity index (χ3v) is 5.59. The standard InChI is InChI=1S/C24H22N2O3S/c1-16(27)18-8-10-21(11-9-18)26-24(29)23(19-6-4-3-5-7-19)30-22-14-12-20(13-15-22)25-17(2)28/h3-15,23H,1-2H3,(H,25,28)(H,26,29). The van der Waals surface area contributed by atoms with Crippen molar-refractivity contribution in [3.05, 3.63) is 90.0 Å². The molecule has 6 heteroatoms. The van der Waals surface area contributed by atoms with Gasteiger partial charge in [0, 0.05) is 28.8 Å². The molecular weight excluding hydrogens is 396 g/mol. The van der Waals surface area contributed by atoms with Crippen LogP contribution in [-0.2, 0) is 9.59 Å². The number of hydrogen-bond acceptors (Lipinski definition) is 4. The van der Waals surface area contributed by atoms with E-state index in [9.17, 15) is 14.4 Å². The summed E-state index contributed by atoms with van der Waals surface area (Å²) in [6.45, 7) is 2.97. The van der Waals surface area contributed by atoms with Gasteiger partial charge >= 0.3 is 0 Å². The Morgan fingerprint density at radius 2 is 1.30 bits per heavy atom. The number of rotatable bonds is 7. The highest BCUT2D eigenvalue weighted by molar-refractivity contribution is 8.00. The molecule has 0 fully saturated rings. The third-order valence-electron chi connectivity index (χ3n) is 4.33. The van der Waals surface area contributed by atoms with E-state index in [1.807, 2.05) is 54.6 Å². The van der Waals surface area contributed by atoms with E-state index in [0.29, 0.717) is 16.9 Å². The van der Waals surface area contributed by atoms with Crippen LogP contribution in [0.5, 0.6) is 0 Å². The number of amides is 2. The zero-order valence-electron chi connectivity index (χ0n) is 16.7. The van der Waals surface area contributed by atoms with Crippen LogP contribution in [0.25, 0.3) is 0 Å². The molecule has 2 amide bonds. The summed E-state index contributed by atoms with van der Waals surface area (Å²) in [6.07, 6.45) is 0. The maximum absolute atomic E-state index is 13.1. The number of benzene rings is 3. The van der Waals surface area contributed by atoms with Crippen LogP contribution in [0.4, 0.5) is 11.4 Å². The third kappa shape index (κ3) is 5.81. The number of hydrogen-bond donors (Lipinski definition) is 2. The molecule has 0 heterocycles. The second-order valence-electron chi connectivity index (χ2n) is 6.74. The van der Waals surface area contributed by atoms with Crippen LogP contribution >= 0.6 is 11.8 Å². The monoisotopic (exact) mass is 418 g/mol. The van der Waals surface area contributed by atoms with Crippen molar-refractivity contribution < 1.29 is 14.4 Å². The van der Waals surface area contributed by atoms with E-state index in [1.54, 1.807) is 24.3 Å². The minimum atomic E-state index is -0.467. The summed E-state index contributed by atoms with van der Waals surface area (Å²) < 4.78 is 0. The van der Waals surface area contributed by atoms with Gasteiger partial charge in [-0.25, -0.2) is 0 Å². The van der Waals surface area contributed by atoms with Gasteiger partial charge in [-0.3, -0.25) is 14.4 Å². The Hall–Kier alpha value is -3.38. The fourth-order valence-electron chi connectivity index (χ4n) is 2.85. The van der Waals surface area contributed by atoms with Crippen molar-refractivity contribution in [2.24, 2.45) is 0 Å². The molecule has 3 aromatic carbocycles. The molecule has 3 aromatic rings. The van der Waals surface area contributed by atoms with E-state index < -0.39 is 5.25 Å². The molecule has 0 aliphatic heterocycles. The van der Waals surface area contributed by atoms with Gasteiger partial charge in [0.2, 0.25) is 11.8 Å². The first-order valence-electron chi connectivity index (χ1n) is 9.43. The average Bonchev–Trinajstić information content (AvgIpc) is 2.73. The molecule has 0 radical (unpaired) electrons. The zero-order valence-corrected chi connectivity index (χ0v) is 17.5. The number of carbonyl (C=O) groups is 3. The molecule has 3 rings (SSSR count). The lowest BCUT2D eigenvalue weighted by molar-refractivity contribution is -0.116. The summed E-state index contributed by atoms with van der Waals surface area (Å²) in [5.74, 6) is -0.311. The number of carbonyl (C=O) groups excluding carboxylic acids is 3. The van der Waals surface area contributed by atoms with Crippen LogP contribution in [0, 0.1) is 0 Å². The van der Waals surface area contributed by atoms with Crippen LogP contribution in [0.15, 0.2) is 83.8 Å². The molecule has 2 N–H and O–H groups in total. The van der Waals surface area contributed by atoms with Crippen LogP contribution < -0.4 is 10.6 Å². The van der Waals surface area contributed by atoms with Gasteiger partial charge < -0.3 is 10.6 Å². The molecule has 0 aliphatic carbocycles. The second kappa shape index (κ2) is 9.89. The van der Waals surface area contributed by atoms with Crippen molar-refractivity contribution in [3.8, 4) is 0 Å². The number of nitrogens with one attached hydrogen (secondary N) is 2. The first-order valence-corrected chi connectivity index (χ1v) is 10.3. The molecule has 1 atom stereocenters. The maximum atomic E-state index is 13.1. The van der Waals surface area contributed by atoms with Crippen LogP contribution in [0.3, 0.4) is 0 Å². The minimum Gasteiger partial charge on any atom is -0.326 e. The van der Waals surface area contributed by atoms with Crippen molar-refractivity contribution in [1.29, 1.82) is 0 Å². The number of anilines is 2. The van der Waals surface area contributed by atoms with Crippen molar-refractivity contribution >= 4 is 40.7 Å². The van der Waals surface area contributed by atoms with Gasteiger partial charge in [-0.1, -0.05) is 30.3 Å². The van der Waals surface area contributed by atoms with Crippen molar-refractivity contribution in [1.82, 2.24) is 0 Å². The normalized spacial score (nSPS) is 11.4. The van der Waals surface area contributed by atoms with Gasteiger partial charge in [0.25, 0.3) is 0 Å². The van der Waals surface area contributed by atoms with E-state index in [0.717, 1.165) is 10.5 Å². The van der Waals surface area contributed by atoms with Crippen molar-refractivity contribution in [2.45, 2.75) is 24.0 Å². The highest BCUT2D eigenvalue weighted by Crippen LogP contribution is 2.36. The predicted molar refractivity (Wildman–Crippen MR) is 121 cm³/mol. The Morgan fingerprint density at radius 3 is 1.87 bits per heavy atom. The van der Waals surface area contributed by atoms with Gasteiger partial charge in [0.05, 0.1) is 0 Å². The largest absolute Gasteiger partial charge is 0.326 e. The van der Waals surface area contributed by atoms with E-state index in [1.165, 1.54) is 25.6 Å². The molecule has 0 saturated carbocycles. The molecule has 0 aromatic heterocycles. The van der Waals surface area contributed by atoms with Crippen LogP contribution in [0.2, 0.25) is 0 Å². The number of thioether (sulfide) groups is 1. The van der Waals surface area contributed by atoms with E-state index >= 15 is 0 Å². The van der Waals surface area contributed by atoms with Gasteiger partial charge in [0.1, 0.15) is 5.25 Å². The van der Waals surface area contributed by atoms with Crippen molar-refractivity contribution in [3.63, 3.8) is 0 Å². The van der Waals surface area contributed by atoms with E-state index in [4.69, 9.17) is 0 Å². The highest BCUT2D eigenvalue weighted by Gasteiger charge is 2.22. The molecule has 0 bridgehead atoms. The Bertz CT molecular complexity index is 1030. The van der Waals surface area contributed by atoms with Crippen LogP contribution in [-0.4, -0.2) is 17.6 Å². The maximum Gasteiger partial charge on any atom is 0.242 e. The quantitative estimate of drug-likeness (QED) is 0.402. The first kappa shape index (κ1) is 21.3. The fraction of sp³-hybridized carbons (Fsp3) is 0.125. The summed E-state index contributed by atoms with van der Waals surface area (Å²) in [7, 11) is 0. The zero-order chi connectivity index (χ0) is 21.5. The molecule has 5 nitrogen and oxygen atoms in total. The van der Waals surface area contributed by atoms with Crippen LogP contribution in [0.1, 0.15) is 35.0 Å². The Morgan fingerprint density at radius 1 is 0.733 bits per heavy atom. The Kier molecular flexibility index (Phi) is 7.03. The molecule has 0 spiro atoms. The molecule has 152 valence electrons. The predicted octanol–water partition coefficient (Wildman–Crippen LogP) is 5.32. The molecular formula is C24H22N2O3S. The number of Topliss-reactive ketones (excluding diaryl/α,β-unsaturated/α-hetero) is 1. The van der Waals surface area contributed by atoms with Crippen molar-refractivity contribution in [2.75, 3.05) is 10.6 Å². The molecule has 0 aliphatic rings. The number of ketones is 1. The summed E-state index contributed by atoms with van der Waals surface area (Å²) >= 11 is 1.43. The smallest absolute Gasteiger partial charge is 0.242 e. The van der Waals surface area contributed by atoms with E-state index in [-0.39, 0.29) is 17.6 Å². The van der Waals surface area contributed by atoms with E-state index in [2.05, 4.69) is 10.6 Å². The summed E-state index contributed by atoms with van der Waals surface area (Å²) in [6, 6.07) is 23.8. The molecule has 0 saturated heterocycles.